The minimum absolute atomic E-state index is 0.201. The minimum atomic E-state index is -0.985. The van der Waals surface area contributed by atoms with Crippen LogP contribution in [0.25, 0.3) is 0 Å². The summed E-state index contributed by atoms with van der Waals surface area (Å²) in [6, 6.07) is 0. The van der Waals surface area contributed by atoms with Gasteiger partial charge in [0.05, 0.1) is 5.54 Å². The quantitative estimate of drug-likeness (QED) is 0.528. The lowest BCUT2D eigenvalue weighted by Crippen LogP contribution is -2.22. The Labute approximate surface area is 94.0 Å². The summed E-state index contributed by atoms with van der Waals surface area (Å²) in [5.41, 5.74) is -1.19. The van der Waals surface area contributed by atoms with Gasteiger partial charge in [0.1, 0.15) is 0 Å². The van der Waals surface area contributed by atoms with Crippen molar-refractivity contribution in [2.24, 2.45) is 10.2 Å². The molecule has 0 heterocycles. The first kappa shape index (κ1) is 14.6. The summed E-state index contributed by atoms with van der Waals surface area (Å²) in [5.74, 6) is 0. The summed E-state index contributed by atoms with van der Waals surface area (Å²) in [6.45, 7) is 9.84. The summed E-state index contributed by atoms with van der Waals surface area (Å²) in [4.78, 5) is 0. The predicted molar refractivity (Wildman–Crippen MR) is 64.0 cm³/mol. The molecule has 0 aromatic heterocycles. The van der Waals surface area contributed by atoms with Crippen LogP contribution in [0, 0.1) is 0 Å². The van der Waals surface area contributed by atoms with Crippen molar-refractivity contribution in [2.75, 3.05) is 0 Å². The molecule has 15 heavy (non-hydrogen) atoms. The van der Waals surface area contributed by atoms with Gasteiger partial charge in [-0.2, -0.15) is 10.2 Å². The first-order valence-electron chi connectivity index (χ1n) is 5.93. The fourth-order valence-corrected chi connectivity index (χ4v) is 1.19. The van der Waals surface area contributed by atoms with Crippen LogP contribution in [0.2, 0.25) is 0 Å². The van der Waals surface area contributed by atoms with Crippen molar-refractivity contribution in [1.29, 1.82) is 0 Å². The fourth-order valence-electron chi connectivity index (χ4n) is 1.19. The number of aliphatic hydroxyl groups is 1. The number of hydrogen-bond donors (Lipinski definition) is 1. The van der Waals surface area contributed by atoms with Crippen LogP contribution in [-0.2, 0) is 0 Å². The van der Waals surface area contributed by atoms with Gasteiger partial charge >= 0.3 is 0 Å². The van der Waals surface area contributed by atoms with E-state index in [4.69, 9.17) is 0 Å². The van der Waals surface area contributed by atoms with Crippen LogP contribution < -0.4 is 0 Å². The highest BCUT2D eigenvalue weighted by Gasteiger charge is 2.19. The first-order valence-corrected chi connectivity index (χ1v) is 5.93. The highest BCUT2D eigenvalue weighted by atomic mass is 16.3. The third kappa shape index (κ3) is 9.85. The van der Waals surface area contributed by atoms with Crippen molar-refractivity contribution >= 4 is 0 Å². The molecule has 0 saturated carbocycles. The molecule has 0 bridgehead atoms. The average molecular weight is 214 g/mol. The standard InChI is InChI=1S/C12H26N2O/c1-6-7-8-9-10-12(5,15)14-13-11(2,3)4/h15H,6-10H2,1-5H3. The van der Waals surface area contributed by atoms with E-state index in [1.165, 1.54) is 12.8 Å². The van der Waals surface area contributed by atoms with Crippen molar-refractivity contribution < 1.29 is 5.11 Å². The van der Waals surface area contributed by atoms with E-state index in [0.717, 1.165) is 12.8 Å². The first-order chi connectivity index (χ1) is 6.77. The molecule has 1 unspecified atom stereocenters. The number of rotatable bonds is 6. The van der Waals surface area contributed by atoms with Crippen molar-refractivity contribution in [3.63, 3.8) is 0 Å². The van der Waals surface area contributed by atoms with Crippen LogP contribution in [0.1, 0.15) is 66.7 Å². The molecule has 0 aliphatic heterocycles. The van der Waals surface area contributed by atoms with Gasteiger partial charge < -0.3 is 5.11 Å². The van der Waals surface area contributed by atoms with E-state index >= 15 is 0 Å². The van der Waals surface area contributed by atoms with E-state index in [-0.39, 0.29) is 5.54 Å². The molecule has 3 nitrogen and oxygen atoms in total. The van der Waals surface area contributed by atoms with Gasteiger partial charge in [-0.25, -0.2) is 0 Å². The third-order valence-electron chi connectivity index (χ3n) is 2.07. The minimum Gasteiger partial charge on any atom is -0.368 e. The molecule has 0 rings (SSSR count). The second-order valence-electron chi connectivity index (χ2n) is 5.40. The van der Waals surface area contributed by atoms with Crippen LogP contribution in [0.15, 0.2) is 10.2 Å². The van der Waals surface area contributed by atoms with Gasteiger partial charge in [0.15, 0.2) is 5.72 Å². The van der Waals surface area contributed by atoms with Crippen molar-refractivity contribution in [3.05, 3.63) is 0 Å². The zero-order valence-corrected chi connectivity index (χ0v) is 10.9. The van der Waals surface area contributed by atoms with Gasteiger partial charge in [0, 0.05) is 0 Å². The normalized spacial score (nSPS) is 16.9. The summed E-state index contributed by atoms with van der Waals surface area (Å²) in [6.07, 6.45) is 5.33. The van der Waals surface area contributed by atoms with Crippen LogP contribution in [0.3, 0.4) is 0 Å². The van der Waals surface area contributed by atoms with Gasteiger partial charge in [0.25, 0.3) is 0 Å². The molecule has 0 spiro atoms. The Bertz CT molecular complexity index is 192. The molecular weight excluding hydrogens is 188 g/mol. The lowest BCUT2D eigenvalue weighted by molar-refractivity contribution is 0.0468. The van der Waals surface area contributed by atoms with Crippen LogP contribution in [0.4, 0.5) is 0 Å². The molecule has 0 amide bonds. The van der Waals surface area contributed by atoms with Gasteiger partial charge in [-0.1, -0.05) is 26.2 Å². The highest BCUT2D eigenvalue weighted by molar-refractivity contribution is 4.72. The Hall–Kier alpha value is -0.440. The zero-order chi connectivity index (χ0) is 11.9. The van der Waals surface area contributed by atoms with E-state index in [2.05, 4.69) is 17.2 Å². The van der Waals surface area contributed by atoms with Crippen molar-refractivity contribution in [2.45, 2.75) is 78.0 Å². The molecule has 0 aromatic carbocycles. The monoisotopic (exact) mass is 214 g/mol. The molecule has 1 N–H and O–H groups in total. The summed E-state index contributed by atoms with van der Waals surface area (Å²) >= 11 is 0. The maximum Gasteiger partial charge on any atom is 0.173 e. The molecule has 0 aliphatic rings. The number of hydrogen-bond acceptors (Lipinski definition) is 3. The second kappa shape index (κ2) is 6.21. The van der Waals surface area contributed by atoms with Gasteiger partial charge in [-0.15, -0.1) is 0 Å². The topological polar surface area (TPSA) is 45.0 Å². The predicted octanol–water partition coefficient (Wildman–Crippen LogP) is 3.92. The lowest BCUT2D eigenvalue weighted by Gasteiger charge is -2.19. The molecule has 0 fully saturated rings. The zero-order valence-electron chi connectivity index (χ0n) is 10.9. The van der Waals surface area contributed by atoms with E-state index < -0.39 is 5.72 Å². The molecule has 0 aliphatic carbocycles. The van der Waals surface area contributed by atoms with Crippen molar-refractivity contribution in [3.8, 4) is 0 Å². The summed E-state index contributed by atoms with van der Waals surface area (Å²) in [5, 5.41) is 18.0. The smallest absolute Gasteiger partial charge is 0.173 e. The van der Waals surface area contributed by atoms with Gasteiger partial charge in [-0.05, 0) is 40.5 Å². The number of nitrogens with zero attached hydrogens (tertiary/aromatic N) is 2. The van der Waals surface area contributed by atoms with E-state index in [9.17, 15) is 5.11 Å². The summed E-state index contributed by atoms with van der Waals surface area (Å²) in [7, 11) is 0. The van der Waals surface area contributed by atoms with E-state index in [1.807, 2.05) is 20.8 Å². The van der Waals surface area contributed by atoms with Gasteiger partial charge in [0.2, 0.25) is 0 Å². The van der Waals surface area contributed by atoms with E-state index in [0.29, 0.717) is 6.42 Å². The Balaban J connectivity index is 3.91. The second-order valence-corrected chi connectivity index (χ2v) is 5.40. The molecule has 0 aromatic rings. The molecule has 90 valence electrons. The molecular formula is C12H26N2O. The Kier molecular flexibility index (Phi) is 6.03. The SMILES string of the molecule is CCCCCCC(C)(O)N=NC(C)(C)C. The van der Waals surface area contributed by atoms with E-state index in [1.54, 1.807) is 6.92 Å². The van der Waals surface area contributed by atoms with Gasteiger partial charge in [-0.3, -0.25) is 0 Å². The molecule has 3 heteroatoms. The Morgan fingerprint density at radius 3 is 2.00 bits per heavy atom. The van der Waals surface area contributed by atoms with Crippen LogP contribution >= 0.6 is 0 Å². The Morgan fingerprint density at radius 2 is 1.53 bits per heavy atom. The third-order valence-corrected chi connectivity index (χ3v) is 2.07. The molecule has 1 atom stereocenters. The van der Waals surface area contributed by atoms with Crippen LogP contribution in [0.5, 0.6) is 0 Å². The average Bonchev–Trinajstić information content (AvgIpc) is 2.09. The number of unbranched alkanes of at least 4 members (excludes halogenated alkanes) is 3. The number of azo groups is 1. The Morgan fingerprint density at radius 1 is 0.933 bits per heavy atom. The highest BCUT2D eigenvalue weighted by Crippen LogP contribution is 2.19. The molecule has 0 radical (unpaired) electrons. The summed E-state index contributed by atoms with van der Waals surface area (Å²) < 4.78 is 0. The lowest BCUT2D eigenvalue weighted by atomic mass is 10.1. The van der Waals surface area contributed by atoms with Crippen molar-refractivity contribution in [1.82, 2.24) is 0 Å². The molecule has 0 saturated heterocycles. The largest absolute Gasteiger partial charge is 0.368 e. The maximum atomic E-state index is 9.92. The fraction of sp³-hybridized carbons (Fsp3) is 1.00. The maximum absolute atomic E-state index is 9.92. The van der Waals surface area contributed by atoms with Crippen LogP contribution in [-0.4, -0.2) is 16.4 Å².